The molecule has 2 aromatic carbocycles. The van der Waals surface area contributed by atoms with Crippen molar-refractivity contribution in [1.82, 2.24) is 0 Å². The number of rotatable bonds is 5. The summed E-state index contributed by atoms with van der Waals surface area (Å²) in [4.78, 5) is 13.7. The third-order valence-corrected chi connectivity index (χ3v) is 6.59. The third-order valence-electron chi connectivity index (χ3n) is 5.63. The van der Waals surface area contributed by atoms with Crippen LogP contribution in [0.4, 0.5) is 0 Å². The lowest BCUT2D eigenvalue weighted by atomic mass is 9.72. The van der Waals surface area contributed by atoms with Gasteiger partial charge in [-0.05, 0) is 56.1 Å². The van der Waals surface area contributed by atoms with Gasteiger partial charge in [-0.1, -0.05) is 54.6 Å². The van der Waals surface area contributed by atoms with Crippen molar-refractivity contribution in [2.45, 2.75) is 51.6 Å². The number of benzene rings is 2. The highest BCUT2D eigenvalue weighted by molar-refractivity contribution is 6.69. The van der Waals surface area contributed by atoms with Crippen LogP contribution >= 0.6 is 0 Å². The first-order valence-electron chi connectivity index (χ1n) is 10.1. The number of ketones is 1. The second kappa shape index (κ2) is 7.34. The number of Topliss-reactive ketones (excluding diaryl/α,β-unsaturated/α-hetero) is 1. The molecule has 0 bridgehead atoms. The van der Waals surface area contributed by atoms with Crippen molar-refractivity contribution in [2.75, 3.05) is 0 Å². The zero-order chi connectivity index (χ0) is 19.8. The van der Waals surface area contributed by atoms with Gasteiger partial charge in [0, 0.05) is 0 Å². The maximum Gasteiger partial charge on any atom is 0.184 e. The molecule has 0 aromatic heterocycles. The van der Waals surface area contributed by atoms with E-state index in [2.05, 4.69) is 37.9 Å². The number of carbonyl (C=O) groups excluding carboxylic acids is 1. The van der Waals surface area contributed by atoms with E-state index >= 15 is 0 Å². The van der Waals surface area contributed by atoms with Gasteiger partial charge >= 0.3 is 0 Å². The van der Waals surface area contributed by atoms with Crippen molar-refractivity contribution >= 4 is 14.1 Å². The Kier molecular flexibility index (Phi) is 5.02. The summed E-state index contributed by atoms with van der Waals surface area (Å²) >= 11 is 0. The Morgan fingerprint density at radius 2 is 1.86 bits per heavy atom. The van der Waals surface area contributed by atoms with Crippen LogP contribution in [0, 0.1) is 5.41 Å². The van der Waals surface area contributed by atoms with E-state index in [1.165, 1.54) is 0 Å². The number of hydrogen-bond acceptors (Lipinski definition) is 3. The van der Waals surface area contributed by atoms with E-state index in [0.717, 1.165) is 36.0 Å². The van der Waals surface area contributed by atoms with E-state index < -0.39 is 13.7 Å². The van der Waals surface area contributed by atoms with Crippen LogP contribution in [0.5, 0.6) is 5.75 Å². The van der Waals surface area contributed by atoms with Gasteiger partial charge in [0.15, 0.2) is 14.1 Å². The first kappa shape index (κ1) is 19.2. The quantitative estimate of drug-likeness (QED) is 0.493. The standard InChI is InChI=1S/C24H28O3Si/c1-28(2,3)27-21-14-7-8-15-24(21)16-19-12-9-13-20(22(19)23(24)25)26-17-18-10-5-4-6-11-18/h4-7,9-14,21H,8,15-17H2,1-3H3/t21-,24+/m0/s1. The molecular formula is C24H28O3Si. The first-order valence-corrected chi connectivity index (χ1v) is 13.5. The minimum Gasteiger partial charge on any atom is -0.488 e. The molecule has 0 fully saturated rings. The fourth-order valence-electron chi connectivity index (χ4n) is 4.36. The molecule has 3 nitrogen and oxygen atoms in total. The highest BCUT2D eigenvalue weighted by Gasteiger charge is 2.53. The minimum atomic E-state index is -1.78. The van der Waals surface area contributed by atoms with Gasteiger partial charge in [0.2, 0.25) is 0 Å². The summed E-state index contributed by atoms with van der Waals surface area (Å²) in [5, 5.41) is 0. The Hall–Kier alpha value is -2.17. The smallest absolute Gasteiger partial charge is 0.184 e. The minimum absolute atomic E-state index is 0.144. The topological polar surface area (TPSA) is 35.5 Å². The van der Waals surface area contributed by atoms with Crippen LogP contribution in [-0.4, -0.2) is 20.2 Å². The summed E-state index contributed by atoms with van der Waals surface area (Å²) in [5.74, 6) is 0.892. The van der Waals surface area contributed by atoms with Crippen molar-refractivity contribution in [3.05, 3.63) is 77.4 Å². The molecule has 0 aliphatic heterocycles. The number of ether oxygens (including phenoxy) is 1. The highest BCUT2D eigenvalue weighted by atomic mass is 28.4. The van der Waals surface area contributed by atoms with Gasteiger partial charge in [-0.25, -0.2) is 0 Å². The molecule has 2 aliphatic rings. The van der Waals surface area contributed by atoms with Crippen LogP contribution in [0.25, 0.3) is 0 Å². The number of carbonyl (C=O) groups is 1. The molecule has 146 valence electrons. The van der Waals surface area contributed by atoms with Crippen molar-refractivity contribution in [2.24, 2.45) is 5.41 Å². The van der Waals surface area contributed by atoms with Crippen LogP contribution < -0.4 is 4.74 Å². The first-order chi connectivity index (χ1) is 13.4. The van der Waals surface area contributed by atoms with Crippen LogP contribution in [-0.2, 0) is 17.5 Å². The maximum atomic E-state index is 13.7. The Balaban J connectivity index is 1.64. The molecule has 4 heteroatoms. The van der Waals surface area contributed by atoms with Gasteiger partial charge in [-0.2, -0.15) is 0 Å². The lowest BCUT2D eigenvalue weighted by Gasteiger charge is -2.40. The number of fused-ring (bicyclic) bond motifs is 1. The molecule has 4 rings (SSSR count). The van der Waals surface area contributed by atoms with Crippen molar-refractivity contribution < 1.29 is 14.0 Å². The summed E-state index contributed by atoms with van der Waals surface area (Å²) in [5.41, 5.74) is 2.47. The van der Waals surface area contributed by atoms with Gasteiger partial charge in [0.25, 0.3) is 0 Å². The maximum absolute atomic E-state index is 13.7. The summed E-state index contributed by atoms with van der Waals surface area (Å²) in [6.07, 6.45) is 6.64. The van der Waals surface area contributed by atoms with Crippen molar-refractivity contribution in [3.8, 4) is 5.75 Å². The second-order valence-electron chi connectivity index (χ2n) is 8.84. The Morgan fingerprint density at radius 3 is 2.61 bits per heavy atom. The SMILES string of the molecule is C[Si](C)(C)O[C@H]1C=CCC[C@@]12Cc1cccc(OCc3ccccc3)c1C2=O. The van der Waals surface area contributed by atoms with Crippen LogP contribution in [0.1, 0.15) is 34.3 Å². The van der Waals surface area contributed by atoms with E-state index in [1.807, 2.05) is 42.5 Å². The molecule has 1 spiro atoms. The number of allylic oxidation sites excluding steroid dienone is 1. The van der Waals surface area contributed by atoms with Crippen molar-refractivity contribution in [3.63, 3.8) is 0 Å². The number of hydrogen-bond donors (Lipinski definition) is 0. The van der Waals surface area contributed by atoms with Gasteiger partial charge in [-0.3, -0.25) is 4.79 Å². The summed E-state index contributed by atoms with van der Waals surface area (Å²) in [6, 6.07) is 16.1. The normalized spacial score (nSPS) is 23.8. The van der Waals surface area contributed by atoms with Gasteiger partial charge in [0.1, 0.15) is 12.4 Å². The molecule has 0 saturated heterocycles. The van der Waals surface area contributed by atoms with Gasteiger partial charge in [0.05, 0.1) is 17.1 Å². The summed E-state index contributed by atoms with van der Waals surface area (Å²) in [7, 11) is -1.78. The van der Waals surface area contributed by atoms with Crippen LogP contribution in [0.15, 0.2) is 60.7 Å². The van der Waals surface area contributed by atoms with E-state index in [0.29, 0.717) is 12.4 Å². The zero-order valence-corrected chi connectivity index (χ0v) is 17.9. The predicted octanol–water partition coefficient (Wildman–Crippen LogP) is 5.56. The molecule has 0 radical (unpaired) electrons. The zero-order valence-electron chi connectivity index (χ0n) is 16.9. The molecule has 0 amide bonds. The monoisotopic (exact) mass is 392 g/mol. The third kappa shape index (κ3) is 3.59. The van der Waals surface area contributed by atoms with Crippen molar-refractivity contribution in [1.29, 1.82) is 0 Å². The molecular weight excluding hydrogens is 364 g/mol. The molecule has 2 atom stereocenters. The van der Waals surface area contributed by atoms with E-state index in [9.17, 15) is 4.79 Å². The fraction of sp³-hybridized carbons (Fsp3) is 0.375. The van der Waals surface area contributed by atoms with E-state index in [-0.39, 0.29) is 11.9 Å². The Morgan fingerprint density at radius 1 is 1.07 bits per heavy atom. The largest absolute Gasteiger partial charge is 0.488 e. The fourth-order valence-corrected chi connectivity index (χ4v) is 5.42. The molecule has 0 unspecified atom stereocenters. The molecule has 2 aromatic rings. The molecule has 2 aliphatic carbocycles. The van der Waals surface area contributed by atoms with E-state index in [4.69, 9.17) is 9.16 Å². The van der Waals surface area contributed by atoms with Crippen LogP contribution in [0.2, 0.25) is 19.6 Å². The molecule has 0 saturated carbocycles. The molecule has 0 heterocycles. The van der Waals surface area contributed by atoms with E-state index in [1.54, 1.807) is 0 Å². The van der Waals surface area contributed by atoms with Gasteiger partial charge in [-0.15, -0.1) is 0 Å². The lowest BCUT2D eigenvalue weighted by Crippen LogP contribution is -2.47. The predicted molar refractivity (Wildman–Crippen MR) is 114 cm³/mol. The average molecular weight is 393 g/mol. The average Bonchev–Trinajstić information content (AvgIpc) is 2.95. The van der Waals surface area contributed by atoms with Gasteiger partial charge < -0.3 is 9.16 Å². The highest BCUT2D eigenvalue weighted by Crippen LogP contribution is 2.49. The Bertz CT molecular complexity index is 898. The lowest BCUT2D eigenvalue weighted by molar-refractivity contribution is 0.0477. The van der Waals surface area contributed by atoms with Crippen LogP contribution in [0.3, 0.4) is 0 Å². The summed E-state index contributed by atoms with van der Waals surface area (Å²) < 4.78 is 12.6. The second-order valence-corrected chi connectivity index (χ2v) is 13.3. The molecule has 28 heavy (non-hydrogen) atoms. The molecule has 0 N–H and O–H groups in total. The summed E-state index contributed by atoms with van der Waals surface area (Å²) in [6.45, 7) is 7.02. The Labute approximate surface area is 168 Å².